The van der Waals surface area contributed by atoms with Crippen LogP contribution in [0.4, 0.5) is 0 Å². The van der Waals surface area contributed by atoms with E-state index in [0.717, 1.165) is 32.2 Å². The van der Waals surface area contributed by atoms with E-state index in [1.54, 1.807) is 0 Å². The van der Waals surface area contributed by atoms with Crippen LogP contribution >= 0.6 is 11.3 Å². The maximum absolute atomic E-state index is 12.6. The zero-order chi connectivity index (χ0) is 16.5. The lowest BCUT2D eigenvalue weighted by atomic mass is 9.88. The van der Waals surface area contributed by atoms with Gasteiger partial charge in [-0.2, -0.15) is 0 Å². The number of rotatable bonds is 3. The van der Waals surface area contributed by atoms with Crippen molar-refractivity contribution < 1.29 is 4.79 Å². The molecule has 0 unspecified atom stereocenters. The van der Waals surface area contributed by atoms with Crippen molar-refractivity contribution in [2.45, 2.75) is 44.7 Å². The summed E-state index contributed by atoms with van der Waals surface area (Å²) in [5.74, 6) is 0.155. The third-order valence-electron chi connectivity index (χ3n) is 5.46. The Bertz CT molecular complexity index is 739. The first-order chi connectivity index (χ1) is 11.7. The largest absolute Gasteiger partial charge is 0.348 e. The van der Waals surface area contributed by atoms with Gasteiger partial charge in [0.05, 0.1) is 12.6 Å². The summed E-state index contributed by atoms with van der Waals surface area (Å²) >= 11 is 1.84. The predicted octanol–water partition coefficient (Wildman–Crippen LogP) is 3.86. The summed E-state index contributed by atoms with van der Waals surface area (Å²) in [4.78, 5) is 16.4. The number of hydrogen-bond donors (Lipinski definition) is 1. The number of thiophene rings is 1. The summed E-state index contributed by atoms with van der Waals surface area (Å²) in [5, 5.41) is 5.45. The Morgan fingerprint density at radius 1 is 1.25 bits per heavy atom. The smallest absolute Gasteiger partial charge is 0.234 e. The van der Waals surface area contributed by atoms with Crippen molar-refractivity contribution in [3.8, 4) is 0 Å². The van der Waals surface area contributed by atoms with E-state index in [2.05, 4.69) is 52.9 Å². The van der Waals surface area contributed by atoms with Crippen LogP contribution in [0.2, 0.25) is 0 Å². The SMILES string of the molecule is C[C@H]1c2ccsc2CCN1CC(=O)N[C@@H]1CCCc2ccccc21. The van der Waals surface area contributed by atoms with E-state index < -0.39 is 0 Å². The first kappa shape index (κ1) is 15.9. The van der Waals surface area contributed by atoms with Gasteiger partial charge in [0.2, 0.25) is 5.91 Å². The minimum atomic E-state index is 0.155. The molecule has 1 N–H and O–H groups in total. The van der Waals surface area contributed by atoms with Gasteiger partial charge in [0.15, 0.2) is 0 Å². The highest BCUT2D eigenvalue weighted by Crippen LogP contribution is 2.33. The van der Waals surface area contributed by atoms with E-state index in [-0.39, 0.29) is 11.9 Å². The van der Waals surface area contributed by atoms with Crippen molar-refractivity contribution in [3.63, 3.8) is 0 Å². The van der Waals surface area contributed by atoms with E-state index in [9.17, 15) is 4.79 Å². The zero-order valence-electron chi connectivity index (χ0n) is 14.1. The van der Waals surface area contributed by atoms with Crippen LogP contribution in [-0.4, -0.2) is 23.9 Å². The molecule has 2 atom stereocenters. The molecule has 2 aliphatic rings. The summed E-state index contributed by atoms with van der Waals surface area (Å²) in [6, 6.07) is 11.3. The molecule has 2 aromatic rings. The molecule has 0 bridgehead atoms. The Morgan fingerprint density at radius 3 is 3.04 bits per heavy atom. The highest BCUT2D eigenvalue weighted by Gasteiger charge is 2.27. The fourth-order valence-corrected chi connectivity index (χ4v) is 5.07. The highest BCUT2D eigenvalue weighted by atomic mass is 32.1. The van der Waals surface area contributed by atoms with Gasteiger partial charge in [-0.1, -0.05) is 24.3 Å². The molecule has 0 saturated heterocycles. The zero-order valence-corrected chi connectivity index (χ0v) is 14.9. The molecule has 4 heteroatoms. The van der Waals surface area contributed by atoms with Crippen LogP contribution in [0.25, 0.3) is 0 Å². The number of nitrogens with zero attached hydrogens (tertiary/aromatic N) is 1. The molecule has 0 saturated carbocycles. The van der Waals surface area contributed by atoms with Crippen LogP contribution in [0, 0.1) is 0 Å². The minimum Gasteiger partial charge on any atom is -0.348 e. The molecule has 0 radical (unpaired) electrons. The average molecular weight is 340 g/mol. The molecule has 2 heterocycles. The van der Waals surface area contributed by atoms with E-state index >= 15 is 0 Å². The molecule has 24 heavy (non-hydrogen) atoms. The van der Waals surface area contributed by atoms with Crippen LogP contribution < -0.4 is 5.32 Å². The van der Waals surface area contributed by atoms with Gasteiger partial charge < -0.3 is 5.32 Å². The Balaban J connectivity index is 1.41. The fraction of sp³-hybridized carbons (Fsp3) is 0.450. The normalized spacial score (nSPS) is 23.4. The van der Waals surface area contributed by atoms with Crippen LogP contribution in [0.3, 0.4) is 0 Å². The van der Waals surface area contributed by atoms with Crippen molar-refractivity contribution in [2.75, 3.05) is 13.1 Å². The van der Waals surface area contributed by atoms with E-state index in [1.165, 1.54) is 21.6 Å². The van der Waals surface area contributed by atoms with Crippen molar-refractivity contribution >= 4 is 17.2 Å². The van der Waals surface area contributed by atoms with Gasteiger partial charge in [0, 0.05) is 17.5 Å². The summed E-state index contributed by atoms with van der Waals surface area (Å²) in [7, 11) is 0. The number of hydrogen-bond acceptors (Lipinski definition) is 3. The molecule has 1 aliphatic heterocycles. The first-order valence-electron chi connectivity index (χ1n) is 8.90. The van der Waals surface area contributed by atoms with Crippen molar-refractivity contribution in [2.24, 2.45) is 0 Å². The number of aryl methyl sites for hydroxylation is 1. The Hall–Kier alpha value is -1.65. The molecule has 1 aliphatic carbocycles. The van der Waals surface area contributed by atoms with Crippen LogP contribution in [0.15, 0.2) is 35.7 Å². The number of fused-ring (bicyclic) bond motifs is 2. The summed E-state index contributed by atoms with van der Waals surface area (Å²) in [6.45, 7) is 3.69. The Kier molecular flexibility index (Phi) is 4.42. The van der Waals surface area contributed by atoms with E-state index in [4.69, 9.17) is 0 Å². The van der Waals surface area contributed by atoms with Gasteiger partial charge in [-0.15, -0.1) is 11.3 Å². The van der Waals surface area contributed by atoms with Crippen molar-refractivity contribution in [3.05, 3.63) is 57.3 Å². The quantitative estimate of drug-likeness (QED) is 0.920. The average Bonchev–Trinajstić information content (AvgIpc) is 3.07. The molecule has 1 aromatic carbocycles. The molecule has 1 amide bonds. The lowest BCUT2D eigenvalue weighted by molar-refractivity contribution is -0.123. The van der Waals surface area contributed by atoms with Crippen molar-refractivity contribution in [1.29, 1.82) is 0 Å². The van der Waals surface area contributed by atoms with Gasteiger partial charge in [-0.25, -0.2) is 0 Å². The number of nitrogens with one attached hydrogen (secondary N) is 1. The number of carbonyl (C=O) groups is 1. The van der Waals surface area contributed by atoms with Gasteiger partial charge >= 0.3 is 0 Å². The molecular formula is C20H24N2OS. The molecule has 4 rings (SSSR count). The third-order valence-corrected chi connectivity index (χ3v) is 6.45. The molecule has 0 spiro atoms. The number of benzene rings is 1. The second-order valence-corrected chi connectivity index (χ2v) is 7.91. The van der Waals surface area contributed by atoms with Crippen LogP contribution in [0.1, 0.15) is 53.4 Å². The molecule has 0 fully saturated rings. The Labute approximate surface area is 147 Å². The number of carbonyl (C=O) groups excluding carboxylic acids is 1. The second kappa shape index (κ2) is 6.69. The van der Waals surface area contributed by atoms with Gasteiger partial charge in [0.25, 0.3) is 0 Å². The van der Waals surface area contributed by atoms with Crippen molar-refractivity contribution in [1.82, 2.24) is 10.2 Å². The van der Waals surface area contributed by atoms with E-state index in [0.29, 0.717) is 12.6 Å². The minimum absolute atomic E-state index is 0.155. The lowest BCUT2D eigenvalue weighted by Gasteiger charge is -2.34. The highest BCUT2D eigenvalue weighted by molar-refractivity contribution is 7.10. The third kappa shape index (κ3) is 3.01. The van der Waals surface area contributed by atoms with Gasteiger partial charge in [-0.3, -0.25) is 9.69 Å². The fourth-order valence-electron chi connectivity index (χ4n) is 4.11. The molecule has 126 valence electrons. The second-order valence-electron chi connectivity index (χ2n) is 6.91. The monoisotopic (exact) mass is 340 g/mol. The van der Waals surface area contributed by atoms with Gasteiger partial charge in [-0.05, 0) is 60.7 Å². The first-order valence-corrected chi connectivity index (χ1v) is 9.78. The maximum Gasteiger partial charge on any atom is 0.234 e. The topological polar surface area (TPSA) is 32.3 Å². The predicted molar refractivity (Wildman–Crippen MR) is 98.3 cm³/mol. The van der Waals surface area contributed by atoms with Crippen LogP contribution in [-0.2, 0) is 17.6 Å². The maximum atomic E-state index is 12.6. The summed E-state index contributed by atoms with van der Waals surface area (Å²) in [6.07, 6.45) is 4.40. The standard InChI is InChI=1S/C20H24N2OS/c1-14-16-10-12-24-19(16)9-11-22(14)13-20(23)21-18-8-4-6-15-5-2-3-7-17(15)18/h2-3,5,7,10,12,14,18H,4,6,8-9,11,13H2,1H3,(H,21,23)/t14-,18+/m0/s1. The summed E-state index contributed by atoms with van der Waals surface area (Å²) in [5.41, 5.74) is 4.11. The molecular weight excluding hydrogens is 316 g/mol. The van der Waals surface area contributed by atoms with Crippen LogP contribution in [0.5, 0.6) is 0 Å². The molecule has 3 nitrogen and oxygen atoms in total. The molecule has 1 aromatic heterocycles. The number of amides is 1. The van der Waals surface area contributed by atoms with Gasteiger partial charge in [0.1, 0.15) is 0 Å². The Morgan fingerprint density at radius 2 is 2.12 bits per heavy atom. The lowest BCUT2D eigenvalue weighted by Crippen LogP contribution is -2.42. The van der Waals surface area contributed by atoms with E-state index in [1.807, 2.05) is 11.3 Å². The summed E-state index contributed by atoms with van der Waals surface area (Å²) < 4.78 is 0.